The van der Waals surface area contributed by atoms with Crippen LogP contribution in [-0.4, -0.2) is 61.2 Å². The van der Waals surface area contributed by atoms with Gasteiger partial charge in [0.05, 0.1) is 0 Å². The number of carbonyl (C=O) groups is 1. The zero-order valence-corrected chi connectivity index (χ0v) is 12.8. The Balaban J connectivity index is 2.13. The van der Waals surface area contributed by atoms with Gasteiger partial charge in [-0.2, -0.15) is 0 Å². The average Bonchev–Trinajstić information content (AvgIpc) is 2.80. The van der Waals surface area contributed by atoms with Gasteiger partial charge >= 0.3 is 0 Å². The first-order valence-corrected chi connectivity index (χ1v) is 7.23. The molecule has 2 rings (SSSR count). The molecule has 1 N–H and O–H groups in total. The van der Waals surface area contributed by atoms with Crippen LogP contribution in [0.15, 0.2) is 18.2 Å². The number of carbonyl (C=O) groups excluding carboxylic acids is 1. The molecule has 0 bridgehead atoms. The number of benzene rings is 1. The highest BCUT2D eigenvalue weighted by atomic mass is 19.1. The molecule has 1 fully saturated rings. The van der Waals surface area contributed by atoms with Gasteiger partial charge < -0.3 is 14.9 Å². The quantitative estimate of drug-likeness (QED) is 0.912. The van der Waals surface area contributed by atoms with Crippen molar-refractivity contribution in [1.29, 1.82) is 0 Å². The number of hydrogen-bond acceptors (Lipinski definition) is 3. The second-order valence-electron chi connectivity index (χ2n) is 6.13. The lowest BCUT2D eigenvalue weighted by Crippen LogP contribution is -2.31. The molecule has 1 aromatic carbocycles. The third kappa shape index (κ3) is 3.60. The molecule has 0 unspecified atom stereocenters. The van der Waals surface area contributed by atoms with E-state index in [0.29, 0.717) is 24.2 Å². The van der Waals surface area contributed by atoms with Gasteiger partial charge in [-0.3, -0.25) is 4.79 Å². The molecule has 1 aliphatic rings. The van der Waals surface area contributed by atoms with Crippen LogP contribution < -0.4 is 0 Å². The van der Waals surface area contributed by atoms with Gasteiger partial charge in [-0.15, -0.1) is 0 Å². The van der Waals surface area contributed by atoms with E-state index in [1.807, 2.05) is 14.1 Å². The predicted octanol–water partition coefficient (Wildman–Crippen LogP) is 1.38. The summed E-state index contributed by atoms with van der Waals surface area (Å²) < 4.78 is 13.1. The number of nitrogens with zero attached hydrogens (tertiary/aromatic N) is 2. The van der Waals surface area contributed by atoms with Crippen molar-refractivity contribution < 1.29 is 14.3 Å². The lowest BCUT2D eigenvalue weighted by Gasteiger charge is -2.20. The molecule has 0 aliphatic carbocycles. The number of rotatable bonds is 4. The summed E-state index contributed by atoms with van der Waals surface area (Å²) in [6.45, 7) is 3.87. The summed E-state index contributed by atoms with van der Waals surface area (Å²) in [6, 6.07) is 4.24. The van der Waals surface area contributed by atoms with E-state index < -0.39 is 0 Å². The lowest BCUT2D eigenvalue weighted by atomic mass is 9.97. The molecule has 5 heteroatoms. The Labute approximate surface area is 125 Å². The Kier molecular flexibility index (Phi) is 4.96. The van der Waals surface area contributed by atoms with Crippen molar-refractivity contribution in [2.45, 2.75) is 6.92 Å². The van der Waals surface area contributed by atoms with Gasteiger partial charge in [0.15, 0.2) is 0 Å². The van der Waals surface area contributed by atoms with Crippen LogP contribution in [0.4, 0.5) is 4.39 Å². The molecule has 0 saturated carbocycles. The molecule has 0 radical (unpaired) electrons. The fourth-order valence-electron chi connectivity index (χ4n) is 3.02. The van der Waals surface area contributed by atoms with Crippen LogP contribution in [0, 0.1) is 24.6 Å². The molecule has 0 spiro atoms. The van der Waals surface area contributed by atoms with Gasteiger partial charge in [-0.1, -0.05) is 0 Å². The Morgan fingerprint density at radius 1 is 1.38 bits per heavy atom. The summed E-state index contributed by atoms with van der Waals surface area (Å²) in [4.78, 5) is 16.4. The van der Waals surface area contributed by atoms with Crippen molar-refractivity contribution >= 4 is 5.91 Å². The smallest absolute Gasteiger partial charge is 0.254 e. The number of hydrogen-bond donors (Lipinski definition) is 1. The number of likely N-dealkylation sites (tertiary alicyclic amines) is 1. The Hall–Kier alpha value is -1.46. The maximum absolute atomic E-state index is 13.1. The molecule has 116 valence electrons. The molecule has 2 atom stereocenters. The van der Waals surface area contributed by atoms with Crippen LogP contribution >= 0.6 is 0 Å². The molecular weight excluding hydrogens is 271 g/mol. The van der Waals surface area contributed by atoms with E-state index >= 15 is 0 Å². The summed E-state index contributed by atoms with van der Waals surface area (Å²) in [7, 11) is 3.98. The van der Waals surface area contributed by atoms with E-state index in [2.05, 4.69) is 4.90 Å². The Morgan fingerprint density at radius 3 is 2.62 bits per heavy atom. The molecule has 1 aromatic rings. The molecule has 4 nitrogen and oxygen atoms in total. The third-order valence-electron chi connectivity index (χ3n) is 4.12. The maximum Gasteiger partial charge on any atom is 0.254 e. The van der Waals surface area contributed by atoms with Gasteiger partial charge in [0.2, 0.25) is 0 Å². The van der Waals surface area contributed by atoms with Gasteiger partial charge in [0, 0.05) is 37.7 Å². The van der Waals surface area contributed by atoms with E-state index in [9.17, 15) is 14.3 Å². The minimum absolute atomic E-state index is 0.0767. The van der Waals surface area contributed by atoms with Crippen LogP contribution in [0.5, 0.6) is 0 Å². The highest BCUT2D eigenvalue weighted by Crippen LogP contribution is 2.26. The van der Waals surface area contributed by atoms with E-state index in [-0.39, 0.29) is 30.2 Å². The van der Waals surface area contributed by atoms with E-state index in [4.69, 9.17) is 0 Å². The van der Waals surface area contributed by atoms with Gasteiger partial charge in [-0.25, -0.2) is 4.39 Å². The zero-order valence-electron chi connectivity index (χ0n) is 12.8. The van der Waals surface area contributed by atoms with Gasteiger partial charge in [0.1, 0.15) is 5.82 Å². The molecule has 1 heterocycles. The molecule has 1 saturated heterocycles. The molecule has 0 aromatic heterocycles. The minimum Gasteiger partial charge on any atom is -0.396 e. The van der Waals surface area contributed by atoms with Crippen LogP contribution in [0.2, 0.25) is 0 Å². The normalized spacial score (nSPS) is 22.1. The summed E-state index contributed by atoms with van der Waals surface area (Å²) in [6.07, 6.45) is 0. The first-order valence-electron chi connectivity index (χ1n) is 7.23. The van der Waals surface area contributed by atoms with E-state index in [1.54, 1.807) is 17.9 Å². The fourth-order valence-corrected chi connectivity index (χ4v) is 3.02. The fraction of sp³-hybridized carbons (Fsp3) is 0.562. The molecule has 1 amide bonds. The predicted molar refractivity (Wildman–Crippen MR) is 79.7 cm³/mol. The summed E-state index contributed by atoms with van der Waals surface area (Å²) >= 11 is 0. The average molecular weight is 294 g/mol. The van der Waals surface area contributed by atoms with Crippen molar-refractivity contribution in [3.63, 3.8) is 0 Å². The number of halogens is 1. The number of aryl methyl sites for hydroxylation is 1. The van der Waals surface area contributed by atoms with Crippen molar-refractivity contribution in [2.75, 3.05) is 40.3 Å². The lowest BCUT2D eigenvalue weighted by molar-refractivity contribution is 0.0779. The number of aliphatic hydroxyl groups is 1. The van der Waals surface area contributed by atoms with Gasteiger partial charge in [0.25, 0.3) is 5.91 Å². The number of aliphatic hydroxyl groups excluding tert-OH is 1. The first kappa shape index (κ1) is 15.9. The third-order valence-corrected chi connectivity index (χ3v) is 4.12. The SMILES string of the molecule is Cc1cc(F)ccc1C(=O)N1C[C@@H](CN(C)C)[C@@H](CO)C1. The zero-order chi connectivity index (χ0) is 15.6. The summed E-state index contributed by atoms with van der Waals surface area (Å²) in [5.74, 6) is -0.0248. The highest BCUT2D eigenvalue weighted by Gasteiger charge is 2.35. The largest absolute Gasteiger partial charge is 0.396 e. The molecular formula is C16H23FN2O2. The Bertz CT molecular complexity index is 519. The van der Waals surface area contributed by atoms with Crippen LogP contribution in [0.25, 0.3) is 0 Å². The number of amides is 1. The topological polar surface area (TPSA) is 43.8 Å². The van der Waals surface area contributed by atoms with E-state index in [0.717, 1.165) is 6.54 Å². The van der Waals surface area contributed by atoms with Crippen LogP contribution in [-0.2, 0) is 0 Å². The molecule has 1 aliphatic heterocycles. The second-order valence-corrected chi connectivity index (χ2v) is 6.13. The summed E-state index contributed by atoms with van der Waals surface area (Å²) in [5.41, 5.74) is 1.19. The summed E-state index contributed by atoms with van der Waals surface area (Å²) in [5, 5.41) is 9.50. The van der Waals surface area contributed by atoms with Crippen molar-refractivity contribution in [2.24, 2.45) is 11.8 Å². The second kappa shape index (κ2) is 6.54. The van der Waals surface area contributed by atoms with Crippen molar-refractivity contribution in [3.05, 3.63) is 35.1 Å². The maximum atomic E-state index is 13.1. The monoisotopic (exact) mass is 294 g/mol. The standard InChI is InChI=1S/C16H23FN2O2/c1-11-6-14(17)4-5-15(11)16(21)19-8-12(7-18(2)3)13(9-19)10-20/h4-6,12-13,20H,7-10H2,1-3H3/t12-,13-/m1/s1. The van der Waals surface area contributed by atoms with Crippen LogP contribution in [0.3, 0.4) is 0 Å². The first-order chi connectivity index (χ1) is 9.92. The minimum atomic E-state index is -0.329. The van der Waals surface area contributed by atoms with E-state index in [1.165, 1.54) is 12.1 Å². The Morgan fingerprint density at radius 2 is 2.05 bits per heavy atom. The van der Waals surface area contributed by atoms with Crippen molar-refractivity contribution in [3.8, 4) is 0 Å². The molecule has 21 heavy (non-hydrogen) atoms. The highest BCUT2D eigenvalue weighted by molar-refractivity contribution is 5.95. The van der Waals surface area contributed by atoms with Crippen molar-refractivity contribution in [1.82, 2.24) is 9.80 Å². The van der Waals surface area contributed by atoms with Gasteiger partial charge in [-0.05, 0) is 50.7 Å². The van der Waals surface area contributed by atoms with Crippen LogP contribution in [0.1, 0.15) is 15.9 Å².